The van der Waals surface area contributed by atoms with Crippen LogP contribution in [0.25, 0.3) is 0 Å². The molecule has 0 saturated carbocycles. The van der Waals surface area contributed by atoms with Crippen LogP contribution in [-0.2, 0) is 4.74 Å². The number of rotatable bonds is 5. The summed E-state index contributed by atoms with van der Waals surface area (Å²) in [5, 5.41) is 9.95. The lowest BCUT2D eigenvalue weighted by Gasteiger charge is -2.15. The van der Waals surface area contributed by atoms with Crippen molar-refractivity contribution in [3.05, 3.63) is 29.0 Å². The summed E-state index contributed by atoms with van der Waals surface area (Å²) in [7, 11) is 0. The van der Waals surface area contributed by atoms with Crippen LogP contribution in [-0.4, -0.2) is 33.8 Å². The van der Waals surface area contributed by atoms with E-state index >= 15 is 0 Å². The van der Waals surface area contributed by atoms with Crippen molar-refractivity contribution in [1.82, 2.24) is 0 Å². The second-order valence-electron chi connectivity index (χ2n) is 3.66. The quantitative estimate of drug-likeness (QED) is 0.186. The summed E-state index contributed by atoms with van der Waals surface area (Å²) in [4.78, 5) is 23.6. The molecular formula is C11H6Br6O4. The number of halogens is 6. The number of ether oxygens (including phenoxy) is 1. The Bertz CT molecular complexity index is 589. The minimum absolute atomic E-state index is 0.0567. The van der Waals surface area contributed by atoms with Crippen molar-refractivity contribution >= 4 is 108 Å². The first-order valence-electron chi connectivity index (χ1n) is 5.18. The highest BCUT2D eigenvalue weighted by Crippen LogP contribution is 2.42. The van der Waals surface area contributed by atoms with Crippen molar-refractivity contribution in [2.45, 2.75) is 4.83 Å². The number of aromatic carboxylic acids is 1. The molecular weight excluding hydrogens is 676 g/mol. The third-order valence-corrected chi connectivity index (χ3v) is 9.25. The molecule has 0 spiro atoms. The number of hydrogen-bond donors (Lipinski definition) is 1. The number of benzene rings is 1. The standard InChI is InChI=1S/C11H6Br6O4/c12-1-3(13)2-21-11(20)5-4(10(18)19)6(14)8(16)9(17)7(5)15/h3H,1-2H2,(H,18,19). The van der Waals surface area contributed by atoms with Crippen LogP contribution in [0.2, 0.25) is 0 Å². The van der Waals surface area contributed by atoms with E-state index in [2.05, 4.69) is 95.6 Å². The molecule has 0 bridgehead atoms. The van der Waals surface area contributed by atoms with Gasteiger partial charge in [-0.2, -0.15) is 0 Å². The highest BCUT2D eigenvalue weighted by atomic mass is 79.9. The Hall–Kier alpha value is 1.04. The fourth-order valence-electron chi connectivity index (χ4n) is 1.31. The number of carbonyl (C=O) groups is 2. The SMILES string of the molecule is O=C(O)c1c(Br)c(Br)c(Br)c(Br)c1C(=O)OCC(Br)CBr. The number of carbonyl (C=O) groups excluding carboxylic acids is 1. The molecule has 1 rings (SSSR count). The van der Waals surface area contributed by atoms with Gasteiger partial charge in [0, 0.05) is 23.2 Å². The molecule has 0 amide bonds. The Morgan fingerprint density at radius 1 is 1.00 bits per heavy atom. The third-order valence-electron chi connectivity index (χ3n) is 2.25. The highest BCUT2D eigenvalue weighted by molar-refractivity contribution is 9.15. The van der Waals surface area contributed by atoms with Crippen LogP contribution < -0.4 is 0 Å². The van der Waals surface area contributed by atoms with Crippen LogP contribution in [0, 0.1) is 0 Å². The zero-order valence-electron chi connectivity index (χ0n) is 9.93. The summed E-state index contributed by atoms with van der Waals surface area (Å²) in [5.74, 6) is -1.96. The second-order valence-corrected chi connectivity index (χ2v) is 8.78. The number of hydrogen-bond acceptors (Lipinski definition) is 3. The van der Waals surface area contributed by atoms with Crippen LogP contribution in [0.3, 0.4) is 0 Å². The van der Waals surface area contributed by atoms with E-state index in [1.807, 2.05) is 0 Å². The van der Waals surface area contributed by atoms with Crippen LogP contribution >= 0.6 is 95.6 Å². The van der Waals surface area contributed by atoms with Gasteiger partial charge in [-0.05, 0) is 63.7 Å². The van der Waals surface area contributed by atoms with E-state index in [0.29, 0.717) is 18.7 Å². The summed E-state index contributed by atoms with van der Waals surface area (Å²) in [6.07, 6.45) is 0. The molecule has 1 N–H and O–H groups in total. The zero-order chi connectivity index (χ0) is 16.3. The average molecular weight is 682 g/mol. The molecule has 0 heterocycles. The molecule has 0 aliphatic carbocycles. The number of esters is 1. The molecule has 1 unspecified atom stereocenters. The first kappa shape index (κ1) is 20.1. The maximum Gasteiger partial charge on any atom is 0.340 e. The van der Waals surface area contributed by atoms with Crippen molar-refractivity contribution in [3.8, 4) is 0 Å². The van der Waals surface area contributed by atoms with Gasteiger partial charge >= 0.3 is 11.9 Å². The van der Waals surface area contributed by atoms with Crippen LogP contribution in [0.15, 0.2) is 17.9 Å². The summed E-state index contributed by atoms with van der Waals surface area (Å²) in [6.45, 7) is 0.112. The average Bonchev–Trinajstić information content (AvgIpc) is 2.45. The van der Waals surface area contributed by atoms with E-state index in [1.54, 1.807) is 0 Å². The minimum atomic E-state index is -1.24. The maximum atomic E-state index is 12.2. The van der Waals surface area contributed by atoms with Gasteiger partial charge in [0.15, 0.2) is 0 Å². The van der Waals surface area contributed by atoms with E-state index < -0.39 is 11.9 Å². The fraction of sp³-hybridized carbons (Fsp3) is 0.273. The molecule has 1 aromatic carbocycles. The van der Waals surface area contributed by atoms with Gasteiger partial charge in [-0.3, -0.25) is 0 Å². The molecule has 0 aliphatic heterocycles. The van der Waals surface area contributed by atoms with Gasteiger partial charge in [-0.15, -0.1) is 0 Å². The molecule has 1 aromatic rings. The van der Waals surface area contributed by atoms with Gasteiger partial charge in [0.25, 0.3) is 0 Å². The van der Waals surface area contributed by atoms with Gasteiger partial charge in [0.1, 0.15) is 6.61 Å². The van der Waals surface area contributed by atoms with E-state index in [9.17, 15) is 14.7 Å². The van der Waals surface area contributed by atoms with Gasteiger partial charge in [0.05, 0.1) is 16.0 Å². The third kappa shape index (κ3) is 4.76. The first-order chi connectivity index (χ1) is 9.72. The molecule has 0 radical (unpaired) electrons. The summed E-state index contributed by atoms with van der Waals surface area (Å²) in [6, 6.07) is 0. The van der Waals surface area contributed by atoms with Crippen molar-refractivity contribution in [2.24, 2.45) is 0 Å². The van der Waals surface area contributed by atoms with Gasteiger partial charge in [-0.1, -0.05) is 31.9 Å². The number of carboxylic acid groups (broad SMARTS) is 1. The molecule has 0 fully saturated rings. The van der Waals surface area contributed by atoms with E-state index in [1.165, 1.54) is 0 Å². The maximum absolute atomic E-state index is 12.2. The molecule has 1 atom stereocenters. The molecule has 0 aromatic heterocycles. The van der Waals surface area contributed by atoms with Gasteiger partial charge in [0.2, 0.25) is 0 Å². The topological polar surface area (TPSA) is 63.6 Å². The molecule has 116 valence electrons. The Morgan fingerprint density at radius 2 is 1.48 bits per heavy atom. The van der Waals surface area contributed by atoms with E-state index in [-0.39, 0.29) is 27.0 Å². The summed E-state index contributed by atoms with van der Waals surface area (Å²) < 4.78 is 6.71. The first-order valence-corrected chi connectivity index (χ1v) is 10.4. The summed E-state index contributed by atoms with van der Waals surface area (Å²) >= 11 is 19.5. The van der Waals surface area contributed by atoms with Crippen molar-refractivity contribution in [1.29, 1.82) is 0 Å². The normalized spacial score (nSPS) is 12.1. The van der Waals surface area contributed by atoms with E-state index in [4.69, 9.17) is 4.74 Å². The number of alkyl halides is 2. The monoisotopic (exact) mass is 676 g/mol. The molecule has 10 heteroatoms. The lowest BCUT2D eigenvalue weighted by molar-refractivity contribution is 0.0500. The van der Waals surface area contributed by atoms with Crippen LogP contribution in [0.5, 0.6) is 0 Å². The Labute approximate surface area is 171 Å². The zero-order valence-corrected chi connectivity index (χ0v) is 19.4. The fourth-order valence-corrected chi connectivity index (χ4v) is 4.08. The largest absolute Gasteiger partial charge is 0.478 e. The lowest BCUT2D eigenvalue weighted by atomic mass is 10.1. The van der Waals surface area contributed by atoms with Crippen molar-refractivity contribution in [2.75, 3.05) is 11.9 Å². The van der Waals surface area contributed by atoms with Gasteiger partial charge < -0.3 is 9.84 Å². The minimum Gasteiger partial charge on any atom is -0.478 e. The predicted molar refractivity (Wildman–Crippen MR) is 101 cm³/mol. The predicted octanol–water partition coefficient (Wildman–Crippen LogP) is 5.75. The van der Waals surface area contributed by atoms with Crippen LogP contribution in [0.1, 0.15) is 20.7 Å². The van der Waals surface area contributed by atoms with Crippen LogP contribution in [0.4, 0.5) is 0 Å². The molecule has 4 nitrogen and oxygen atoms in total. The summed E-state index contributed by atoms with van der Waals surface area (Å²) in [5.41, 5.74) is -0.231. The smallest absolute Gasteiger partial charge is 0.340 e. The number of carboxylic acids is 1. The second kappa shape index (κ2) is 8.77. The highest BCUT2D eigenvalue weighted by Gasteiger charge is 2.29. The molecule has 0 saturated heterocycles. The Kier molecular flexibility index (Phi) is 8.39. The van der Waals surface area contributed by atoms with E-state index in [0.717, 1.165) is 0 Å². The Morgan fingerprint density at radius 3 is 1.90 bits per heavy atom. The van der Waals surface area contributed by atoms with Gasteiger partial charge in [-0.25, -0.2) is 9.59 Å². The molecule has 21 heavy (non-hydrogen) atoms. The Balaban J connectivity index is 3.34. The molecule has 0 aliphatic rings. The van der Waals surface area contributed by atoms with Crippen molar-refractivity contribution in [3.63, 3.8) is 0 Å². The van der Waals surface area contributed by atoms with Crippen molar-refractivity contribution < 1.29 is 19.4 Å². The lowest BCUT2D eigenvalue weighted by Crippen LogP contribution is -2.18.